The fraction of sp³-hybridized carbons (Fsp3) is 0.615. The van der Waals surface area contributed by atoms with E-state index in [1.165, 1.54) is 0 Å². The predicted octanol–water partition coefficient (Wildman–Crippen LogP) is 1.46. The van der Waals surface area contributed by atoms with Crippen molar-refractivity contribution in [2.75, 3.05) is 39.3 Å². The van der Waals surface area contributed by atoms with Crippen molar-refractivity contribution in [3.05, 3.63) is 20.8 Å². The van der Waals surface area contributed by atoms with E-state index in [0.29, 0.717) is 6.42 Å². The van der Waals surface area contributed by atoms with Crippen LogP contribution in [0.4, 0.5) is 0 Å². The monoisotopic (exact) mass is 345 g/mol. The third kappa shape index (κ3) is 5.60. The average molecular weight is 346 g/mol. The minimum atomic E-state index is 0.120. The van der Waals surface area contributed by atoms with Crippen molar-refractivity contribution in [2.45, 2.75) is 12.8 Å². The lowest BCUT2D eigenvalue weighted by Gasteiger charge is -2.27. The molecule has 1 aromatic heterocycles. The lowest BCUT2D eigenvalue weighted by molar-refractivity contribution is -0.120. The van der Waals surface area contributed by atoms with Crippen LogP contribution in [0.2, 0.25) is 0 Å². The summed E-state index contributed by atoms with van der Waals surface area (Å²) in [6.45, 7) is 6.26. The van der Waals surface area contributed by atoms with Gasteiger partial charge in [0.2, 0.25) is 5.91 Å². The second-order valence-corrected chi connectivity index (χ2v) is 7.23. The van der Waals surface area contributed by atoms with E-state index in [1.54, 1.807) is 11.3 Å². The van der Waals surface area contributed by atoms with Crippen molar-refractivity contribution in [3.8, 4) is 0 Å². The highest BCUT2D eigenvalue weighted by Crippen LogP contribution is 2.22. The fourth-order valence-corrected chi connectivity index (χ4v) is 3.61. The van der Waals surface area contributed by atoms with Crippen molar-refractivity contribution >= 4 is 33.2 Å². The predicted molar refractivity (Wildman–Crippen MR) is 82.7 cm³/mol. The second-order valence-electron chi connectivity index (χ2n) is 4.68. The Morgan fingerprint density at radius 3 is 2.89 bits per heavy atom. The zero-order valence-corrected chi connectivity index (χ0v) is 13.4. The highest BCUT2D eigenvalue weighted by molar-refractivity contribution is 9.11. The normalized spacial score (nSPS) is 16.5. The van der Waals surface area contributed by atoms with Gasteiger partial charge < -0.3 is 15.5 Å². The molecule has 1 saturated heterocycles. The molecule has 2 rings (SSSR count). The zero-order valence-electron chi connectivity index (χ0n) is 11.0. The molecule has 1 aromatic rings. The zero-order chi connectivity index (χ0) is 13.5. The number of nitrogens with zero attached hydrogens (tertiary/aromatic N) is 1. The van der Waals surface area contributed by atoms with Gasteiger partial charge in [-0.2, -0.15) is 0 Å². The number of carbonyl (C=O) groups is 1. The molecular formula is C13H20BrN3OS. The molecule has 0 unspecified atom stereocenters. The van der Waals surface area contributed by atoms with Crippen LogP contribution in [0.5, 0.6) is 0 Å². The third-order valence-corrected chi connectivity index (χ3v) is 4.77. The van der Waals surface area contributed by atoms with Gasteiger partial charge in [0.15, 0.2) is 0 Å². The molecule has 0 bridgehead atoms. The molecule has 19 heavy (non-hydrogen) atoms. The van der Waals surface area contributed by atoms with Crippen LogP contribution >= 0.6 is 27.3 Å². The van der Waals surface area contributed by atoms with Gasteiger partial charge in [-0.25, -0.2) is 0 Å². The molecule has 0 saturated carbocycles. The summed E-state index contributed by atoms with van der Waals surface area (Å²) in [6.07, 6.45) is 1.52. The van der Waals surface area contributed by atoms with Gasteiger partial charge >= 0.3 is 0 Å². The number of rotatable bonds is 6. The van der Waals surface area contributed by atoms with Gasteiger partial charge in [0.1, 0.15) is 0 Å². The van der Waals surface area contributed by atoms with Crippen molar-refractivity contribution in [2.24, 2.45) is 0 Å². The number of carbonyl (C=O) groups excluding carboxylic acids is 1. The smallest absolute Gasteiger partial charge is 0.225 e. The molecule has 1 amide bonds. The van der Waals surface area contributed by atoms with Crippen LogP contribution in [-0.2, 0) is 11.2 Å². The Labute approximate surface area is 126 Å². The Bertz CT molecular complexity index is 404. The molecular weight excluding hydrogens is 326 g/mol. The number of nitrogens with one attached hydrogen (secondary N) is 2. The van der Waals surface area contributed by atoms with E-state index in [-0.39, 0.29) is 5.91 Å². The number of hydrogen-bond donors (Lipinski definition) is 2. The minimum Gasteiger partial charge on any atom is -0.356 e. The van der Waals surface area contributed by atoms with Gasteiger partial charge in [-0.3, -0.25) is 4.79 Å². The van der Waals surface area contributed by atoms with E-state index in [0.717, 1.165) is 54.4 Å². The van der Waals surface area contributed by atoms with E-state index >= 15 is 0 Å². The number of piperazine rings is 1. The SMILES string of the molecule is O=C(Cc1ccc(Br)s1)NCCCN1CCNCC1. The molecule has 1 fully saturated rings. The Hall–Kier alpha value is -0.430. The summed E-state index contributed by atoms with van der Waals surface area (Å²) in [5.41, 5.74) is 0. The summed E-state index contributed by atoms with van der Waals surface area (Å²) in [5.74, 6) is 0.120. The molecule has 1 aliphatic heterocycles. The van der Waals surface area contributed by atoms with Crippen LogP contribution in [-0.4, -0.2) is 50.1 Å². The summed E-state index contributed by atoms with van der Waals surface area (Å²) in [6, 6.07) is 3.98. The first-order valence-corrected chi connectivity index (χ1v) is 8.29. The van der Waals surface area contributed by atoms with Crippen LogP contribution in [0.15, 0.2) is 15.9 Å². The molecule has 4 nitrogen and oxygen atoms in total. The van der Waals surface area contributed by atoms with E-state index in [2.05, 4.69) is 31.5 Å². The molecule has 0 aromatic carbocycles. The van der Waals surface area contributed by atoms with Gasteiger partial charge in [0, 0.05) is 37.6 Å². The fourth-order valence-electron chi connectivity index (χ4n) is 2.13. The van der Waals surface area contributed by atoms with Gasteiger partial charge in [0.05, 0.1) is 10.2 Å². The molecule has 0 radical (unpaired) electrons. The molecule has 2 heterocycles. The first-order chi connectivity index (χ1) is 9.24. The Kier molecular flexibility index (Phi) is 6.30. The highest BCUT2D eigenvalue weighted by atomic mass is 79.9. The van der Waals surface area contributed by atoms with Gasteiger partial charge in [-0.1, -0.05) is 0 Å². The largest absolute Gasteiger partial charge is 0.356 e. The molecule has 1 aliphatic rings. The first-order valence-electron chi connectivity index (χ1n) is 6.68. The lowest BCUT2D eigenvalue weighted by atomic mass is 10.3. The number of amides is 1. The Balaban J connectivity index is 1.56. The molecule has 6 heteroatoms. The molecule has 2 N–H and O–H groups in total. The van der Waals surface area contributed by atoms with Crippen molar-refractivity contribution < 1.29 is 4.79 Å². The van der Waals surface area contributed by atoms with E-state index < -0.39 is 0 Å². The summed E-state index contributed by atoms with van der Waals surface area (Å²) in [7, 11) is 0. The maximum Gasteiger partial charge on any atom is 0.225 e. The molecule has 0 aliphatic carbocycles. The summed E-state index contributed by atoms with van der Waals surface area (Å²) in [4.78, 5) is 15.3. The summed E-state index contributed by atoms with van der Waals surface area (Å²) < 4.78 is 1.08. The van der Waals surface area contributed by atoms with Crippen LogP contribution < -0.4 is 10.6 Å². The van der Waals surface area contributed by atoms with Gasteiger partial charge in [-0.15, -0.1) is 11.3 Å². The molecule has 106 valence electrons. The highest BCUT2D eigenvalue weighted by Gasteiger charge is 2.09. The summed E-state index contributed by atoms with van der Waals surface area (Å²) in [5, 5.41) is 6.33. The number of hydrogen-bond acceptors (Lipinski definition) is 4. The van der Waals surface area contributed by atoms with E-state index in [4.69, 9.17) is 0 Å². The lowest BCUT2D eigenvalue weighted by Crippen LogP contribution is -2.44. The Morgan fingerprint density at radius 1 is 1.42 bits per heavy atom. The number of thiophene rings is 1. The minimum absolute atomic E-state index is 0.120. The van der Waals surface area contributed by atoms with Gasteiger partial charge in [-0.05, 0) is 41.0 Å². The third-order valence-electron chi connectivity index (χ3n) is 3.15. The Morgan fingerprint density at radius 2 is 2.21 bits per heavy atom. The van der Waals surface area contributed by atoms with Crippen LogP contribution in [0.3, 0.4) is 0 Å². The van der Waals surface area contributed by atoms with Crippen molar-refractivity contribution in [1.82, 2.24) is 15.5 Å². The van der Waals surface area contributed by atoms with Crippen LogP contribution in [0.1, 0.15) is 11.3 Å². The average Bonchev–Trinajstić information content (AvgIpc) is 2.81. The van der Waals surface area contributed by atoms with Crippen LogP contribution in [0.25, 0.3) is 0 Å². The second kappa shape index (κ2) is 7.99. The topological polar surface area (TPSA) is 44.4 Å². The van der Waals surface area contributed by atoms with Crippen molar-refractivity contribution in [3.63, 3.8) is 0 Å². The maximum absolute atomic E-state index is 11.7. The first kappa shape index (κ1) is 15.0. The molecule has 0 spiro atoms. The van der Waals surface area contributed by atoms with Crippen LogP contribution in [0, 0.1) is 0 Å². The van der Waals surface area contributed by atoms with E-state index in [9.17, 15) is 4.79 Å². The van der Waals surface area contributed by atoms with E-state index in [1.807, 2.05) is 12.1 Å². The molecule has 0 atom stereocenters. The summed E-state index contributed by atoms with van der Waals surface area (Å²) >= 11 is 5.02. The standard InChI is InChI=1S/C13H20BrN3OS/c14-12-3-2-11(19-12)10-13(18)16-4-1-7-17-8-5-15-6-9-17/h2-3,15H,1,4-10H2,(H,16,18). The number of halogens is 1. The van der Waals surface area contributed by atoms with Crippen molar-refractivity contribution in [1.29, 1.82) is 0 Å². The quantitative estimate of drug-likeness (QED) is 0.767. The van der Waals surface area contributed by atoms with Gasteiger partial charge in [0.25, 0.3) is 0 Å². The maximum atomic E-state index is 11.7.